The zero-order chi connectivity index (χ0) is 11.5. The average Bonchev–Trinajstić information content (AvgIpc) is 2.77. The number of rotatable bonds is 3. The number of H-pyrrole nitrogens is 1. The van der Waals surface area contributed by atoms with E-state index in [2.05, 4.69) is 41.3 Å². The highest BCUT2D eigenvalue weighted by Crippen LogP contribution is 2.18. The van der Waals surface area contributed by atoms with E-state index < -0.39 is 0 Å². The van der Waals surface area contributed by atoms with Crippen molar-refractivity contribution in [2.24, 2.45) is 0 Å². The summed E-state index contributed by atoms with van der Waals surface area (Å²) < 4.78 is 0. The Kier molecular flexibility index (Phi) is 3.61. The summed E-state index contributed by atoms with van der Waals surface area (Å²) in [7, 11) is 2.21. The Hall–Kier alpha value is -0.870. The van der Waals surface area contributed by atoms with Crippen molar-refractivity contribution < 1.29 is 0 Å². The quantitative estimate of drug-likeness (QED) is 0.815. The lowest BCUT2D eigenvalue weighted by Crippen LogP contribution is -2.46. The van der Waals surface area contributed by atoms with Crippen molar-refractivity contribution in [3.63, 3.8) is 0 Å². The third-order valence-corrected chi connectivity index (χ3v) is 3.68. The maximum absolute atomic E-state index is 3.99. The molecule has 2 heterocycles. The molecule has 3 atom stereocenters. The molecular weight excluding hydrogens is 200 g/mol. The molecule has 16 heavy (non-hydrogen) atoms. The third-order valence-electron chi connectivity index (χ3n) is 3.68. The molecule has 90 valence electrons. The molecule has 4 nitrogen and oxygen atoms in total. The summed E-state index contributed by atoms with van der Waals surface area (Å²) in [5, 5.41) is 10.7. The van der Waals surface area contributed by atoms with E-state index in [0.29, 0.717) is 18.1 Å². The van der Waals surface area contributed by atoms with Crippen molar-refractivity contribution in [3.8, 4) is 0 Å². The van der Waals surface area contributed by atoms with Crippen LogP contribution in [0, 0.1) is 0 Å². The Morgan fingerprint density at radius 1 is 1.62 bits per heavy atom. The summed E-state index contributed by atoms with van der Waals surface area (Å²) in [5.41, 5.74) is 1.17. The SMILES string of the molecule is CC(NC1CCN(C)C(C)C1)c1ccn[nH]1. The Morgan fingerprint density at radius 3 is 3.06 bits per heavy atom. The predicted octanol–water partition coefficient (Wildman–Crippen LogP) is 1.54. The second-order valence-corrected chi connectivity index (χ2v) is 4.95. The summed E-state index contributed by atoms with van der Waals surface area (Å²) in [6, 6.07) is 3.71. The minimum Gasteiger partial charge on any atom is -0.306 e. The van der Waals surface area contributed by atoms with E-state index in [1.54, 1.807) is 0 Å². The molecule has 0 bridgehead atoms. The van der Waals surface area contributed by atoms with Gasteiger partial charge < -0.3 is 10.2 Å². The molecule has 1 aliphatic heterocycles. The standard InChI is InChI=1S/C12H22N4/c1-9-8-11(5-7-16(9)3)14-10(2)12-4-6-13-15-12/h4,6,9-11,14H,5,7-8H2,1-3H3,(H,13,15). The minimum absolute atomic E-state index is 0.364. The van der Waals surface area contributed by atoms with Crippen LogP contribution in [-0.2, 0) is 0 Å². The number of hydrogen-bond acceptors (Lipinski definition) is 3. The topological polar surface area (TPSA) is 44.0 Å². The lowest BCUT2D eigenvalue weighted by atomic mass is 9.98. The van der Waals surface area contributed by atoms with Crippen LogP contribution in [0.3, 0.4) is 0 Å². The van der Waals surface area contributed by atoms with Gasteiger partial charge in [0.25, 0.3) is 0 Å². The fourth-order valence-electron chi connectivity index (χ4n) is 2.39. The van der Waals surface area contributed by atoms with E-state index in [1.165, 1.54) is 25.1 Å². The van der Waals surface area contributed by atoms with Crippen LogP contribution in [0.25, 0.3) is 0 Å². The smallest absolute Gasteiger partial charge is 0.0518 e. The molecule has 0 amide bonds. The van der Waals surface area contributed by atoms with Gasteiger partial charge in [-0.2, -0.15) is 5.10 Å². The monoisotopic (exact) mass is 222 g/mol. The number of likely N-dealkylation sites (tertiary alicyclic amines) is 1. The summed E-state index contributed by atoms with van der Waals surface area (Å²) >= 11 is 0. The number of aromatic nitrogens is 2. The van der Waals surface area contributed by atoms with Gasteiger partial charge in [-0.05, 0) is 46.3 Å². The molecule has 1 aromatic rings. The second-order valence-electron chi connectivity index (χ2n) is 4.95. The van der Waals surface area contributed by atoms with Crippen molar-refractivity contribution in [1.29, 1.82) is 0 Å². The summed E-state index contributed by atoms with van der Waals surface area (Å²) in [6.45, 7) is 5.68. The van der Waals surface area contributed by atoms with Crippen LogP contribution >= 0.6 is 0 Å². The molecule has 2 N–H and O–H groups in total. The van der Waals surface area contributed by atoms with Crippen LogP contribution in [0.1, 0.15) is 38.4 Å². The van der Waals surface area contributed by atoms with Gasteiger partial charge in [-0.1, -0.05) is 0 Å². The molecule has 1 aliphatic rings. The molecule has 2 rings (SSSR count). The highest BCUT2D eigenvalue weighted by Gasteiger charge is 2.23. The lowest BCUT2D eigenvalue weighted by Gasteiger charge is -2.36. The number of piperidine rings is 1. The van der Waals surface area contributed by atoms with Gasteiger partial charge in [-0.25, -0.2) is 0 Å². The van der Waals surface area contributed by atoms with Gasteiger partial charge in [0.2, 0.25) is 0 Å². The molecule has 0 aromatic carbocycles. The number of aromatic amines is 1. The zero-order valence-electron chi connectivity index (χ0n) is 10.4. The lowest BCUT2D eigenvalue weighted by molar-refractivity contribution is 0.163. The van der Waals surface area contributed by atoms with Crippen molar-refractivity contribution in [2.75, 3.05) is 13.6 Å². The molecule has 0 aliphatic carbocycles. The summed E-state index contributed by atoms with van der Waals surface area (Å²) in [5.74, 6) is 0. The first-order chi connectivity index (χ1) is 7.66. The molecule has 0 spiro atoms. The van der Waals surface area contributed by atoms with Gasteiger partial charge in [-0.15, -0.1) is 0 Å². The zero-order valence-corrected chi connectivity index (χ0v) is 10.4. The van der Waals surface area contributed by atoms with Gasteiger partial charge in [0.05, 0.1) is 5.69 Å². The molecule has 0 saturated carbocycles. The van der Waals surface area contributed by atoms with Gasteiger partial charge in [0, 0.05) is 24.3 Å². The van der Waals surface area contributed by atoms with Gasteiger partial charge in [0.15, 0.2) is 0 Å². The van der Waals surface area contributed by atoms with Crippen molar-refractivity contribution in [3.05, 3.63) is 18.0 Å². The summed E-state index contributed by atoms with van der Waals surface area (Å²) in [4.78, 5) is 2.43. The number of hydrogen-bond donors (Lipinski definition) is 2. The first-order valence-corrected chi connectivity index (χ1v) is 6.12. The Labute approximate surface area is 97.4 Å². The molecule has 3 unspecified atom stereocenters. The molecule has 1 saturated heterocycles. The molecule has 4 heteroatoms. The maximum Gasteiger partial charge on any atom is 0.0518 e. The predicted molar refractivity (Wildman–Crippen MR) is 65.3 cm³/mol. The van der Waals surface area contributed by atoms with Crippen LogP contribution in [0.15, 0.2) is 12.3 Å². The van der Waals surface area contributed by atoms with Crippen molar-refractivity contribution in [1.82, 2.24) is 20.4 Å². The first-order valence-electron chi connectivity index (χ1n) is 6.12. The first kappa shape index (κ1) is 11.6. The molecular formula is C12H22N4. The second kappa shape index (κ2) is 4.97. The van der Waals surface area contributed by atoms with E-state index in [9.17, 15) is 0 Å². The Balaban J connectivity index is 1.86. The fraction of sp³-hybridized carbons (Fsp3) is 0.750. The van der Waals surface area contributed by atoms with Crippen LogP contribution in [0.5, 0.6) is 0 Å². The van der Waals surface area contributed by atoms with Crippen LogP contribution in [0.2, 0.25) is 0 Å². The van der Waals surface area contributed by atoms with Gasteiger partial charge in [-0.3, -0.25) is 5.10 Å². The third kappa shape index (κ3) is 2.62. The number of nitrogens with zero attached hydrogens (tertiary/aromatic N) is 2. The van der Waals surface area contributed by atoms with Gasteiger partial charge in [0.1, 0.15) is 0 Å². The van der Waals surface area contributed by atoms with Crippen LogP contribution in [-0.4, -0.2) is 40.8 Å². The fourth-order valence-corrected chi connectivity index (χ4v) is 2.39. The normalized spacial score (nSPS) is 29.2. The molecule has 0 radical (unpaired) electrons. The number of nitrogens with one attached hydrogen (secondary N) is 2. The van der Waals surface area contributed by atoms with E-state index in [0.717, 1.165) is 0 Å². The van der Waals surface area contributed by atoms with E-state index in [-0.39, 0.29) is 0 Å². The Bertz CT molecular complexity index is 309. The van der Waals surface area contributed by atoms with E-state index in [4.69, 9.17) is 0 Å². The van der Waals surface area contributed by atoms with Crippen molar-refractivity contribution >= 4 is 0 Å². The summed E-state index contributed by atoms with van der Waals surface area (Å²) in [6.07, 6.45) is 4.28. The van der Waals surface area contributed by atoms with E-state index >= 15 is 0 Å². The Morgan fingerprint density at radius 2 is 2.44 bits per heavy atom. The highest BCUT2D eigenvalue weighted by molar-refractivity contribution is 5.03. The van der Waals surface area contributed by atoms with E-state index in [1.807, 2.05) is 12.3 Å². The molecule has 1 fully saturated rings. The average molecular weight is 222 g/mol. The highest BCUT2D eigenvalue weighted by atomic mass is 15.2. The minimum atomic E-state index is 0.364. The van der Waals surface area contributed by atoms with Crippen molar-refractivity contribution in [2.45, 2.75) is 44.8 Å². The van der Waals surface area contributed by atoms with Crippen LogP contribution in [0.4, 0.5) is 0 Å². The van der Waals surface area contributed by atoms with Crippen LogP contribution < -0.4 is 5.32 Å². The van der Waals surface area contributed by atoms with Gasteiger partial charge >= 0.3 is 0 Å². The molecule has 1 aromatic heterocycles. The maximum atomic E-state index is 3.99. The largest absolute Gasteiger partial charge is 0.306 e.